The maximum atomic E-state index is 6.04. The van der Waals surface area contributed by atoms with Gasteiger partial charge in [-0.15, -0.1) is 0 Å². The highest BCUT2D eigenvalue weighted by Crippen LogP contribution is 2.24. The van der Waals surface area contributed by atoms with Crippen LogP contribution in [-0.4, -0.2) is 0 Å². The van der Waals surface area contributed by atoms with E-state index >= 15 is 0 Å². The first-order valence-electron chi connectivity index (χ1n) is 6.66. The first-order chi connectivity index (χ1) is 10.1. The number of aryl methyl sites for hydroxylation is 1. The van der Waals surface area contributed by atoms with E-state index in [-0.39, 0.29) is 24.0 Å². The zero-order valence-electron chi connectivity index (χ0n) is 11.9. The number of hydrogen-bond donors (Lipinski definition) is 0. The monoisotopic (exact) mass is 441 g/mol. The summed E-state index contributed by atoms with van der Waals surface area (Å²) in [4.78, 5) is 0. The fourth-order valence-corrected chi connectivity index (χ4v) is 2.64. The molecule has 22 heavy (non-hydrogen) atoms. The van der Waals surface area contributed by atoms with Gasteiger partial charge in [0.1, 0.15) is 7.05 Å². The van der Waals surface area contributed by atoms with Gasteiger partial charge in [0.15, 0.2) is 6.20 Å². The minimum absolute atomic E-state index is 0. The average molecular weight is 442 g/mol. The quantitative estimate of drug-likeness (QED) is 0.423. The number of nitrogens with zero attached hydrogens (tertiary/aromatic N) is 1. The smallest absolute Gasteiger partial charge is 0.212 e. The van der Waals surface area contributed by atoms with Crippen LogP contribution in [-0.2, 0) is 7.05 Å². The molecule has 0 spiro atoms. The standard InChI is InChI=1S/C18H14Cl2N.HI/c1-21-11-10-14(15-4-2-3-5-18(15)21)8-6-13-7-9-16(19)17(20)12-13;/h2-12H,1H3;1H/q+1;/p-1. The van der Waals surface area contributed by atoms with Gasteiger partial charge in [0.05, 0.1) is 15.4 Å². The van der Waals surface area contributed by atoms with Crippen molar-refractivity contribution in [1.82, 2.24) is 0 Å². The van der Waals surface area contributed by atoms with Gasteiger partial charge in [-0.05, 0) is 29.3 Å². The number of benzene rings is 2. The molecule has 0 aliphatic carbocycles. The van der Waals surface area contributed by atoms with E-state index in [2.05, 4.69) is 54.2 Å². The first-order valence-corrected chi connectivity index (χ1v) is 7.41. The number of aromatic nitrogens is 1. The molecular weight excluding hydrogens is 428 g/mol. The number of hydrogen-bond acceptors (Lipinski definition) is 0. The summed E-state index contributed by atoms with van der Waals surface area (Å²) in [6, 6.07) is 16.1. The minimum atomic E-state index is 0. The predicted molar refractivity (Wildman–Crippen MR) is 90.5 cm³/mol. The van der Waals surface area contributed by atoms with E-state index in [1.54, 1.807) is 0 Å². The summed E-state index contributed by atoms with van der Waals surface area (Å²) in [5.41, 5.74) is 3.41. The molecule has 1 nitrogen and oxygen atoms in total. The van der Waals surface area contributed by atoms with Crippen LogP contribution < -0.4 is 28.5 Å². The molecule has 3 aromatic rings. The number of rotatable bonds is 2. The zero-order chi connectivity index (χ0) is 14.8. The van der Waals surface area contributed by atoms with Gasteiger partial charge in [-0.25, -0.2) is 4.57 Å². The molecule has 1 heterocycles. The molecule has 0 aliphatic heterocycles. The van der Waals surface area contributed by atoms with E-state index in [0.717, 1.165) is 5.56 Å². The molecule has 0 aliphatic rings. The van der Waals surface area contributed by atoms with E-state index in [9.17, 15) is 0 Å². The van der Waals surface area contributed by atoms with Crippen molar-refractivity contribution < 1.29 is 28.5 Å². The molecule has 0 amide bonds. The molecule has 0 fully saturated rings. The van der Waals surface area contributed by atoms with E-state index < -0.39 is 0 Å². The third kappa shape index (κ3) is 3.62. The molecule has 0 unspecified atom stereocenters. The number of para-hydroxylation sites is 1. The SMILES string of the molecule is C[n+]1ccc(C=Cc2ccc(Cl)c(Cl)c2)c2ccccc21.[I-]. The summed E-state index contributed by atoms with van der Waals surface area (Å²) in [6.07, 6.45) is 6.21. The van der Waals surface area contributed by atoms with Crippen LogP contribution in [0, 0.1) is 0 Å². The Labute approximate surface area is 157 Å². The lowest BCUT2D eigenvalue weighted by Gasteiger charge is -2.01. The summed E-state index contributed by atoms with van der Waals surface area (Å²) >= 11 is 12.0. The Morgan fingerprint density at radius 1 is 0.909 bits per heavy atom. The fourth-order valence-electron chi connectivity index (χ4n) is 2.33. The van der Waals surface area contributed by atoms with Crippen molar-refractivity contribution >= 4 is 46.3 Å². The Morgan fingerprint density at radius 2 is 1.68 bits per heavy atom. The van der Waals surface area contributed by atoms with Crippen LogP contribution in [0.4, 0.5) is 0 Å². The van der Waals surface area contributed by atoms with Gasteiger partial charge in [0.2, 0.25) is 5.52 Å². The van der Waals surface area contributed by atoms with Crippen molar-refractivity contribution in [1.29, 1.82) is 0 Å². The Kier molecular flexibility index (Phi) is 5.84. The Balaban J connectivity index is 0.00000176. The molecular formula is C18H14Cl2IN. The highest BCUT2D eigenvalue weighted by molar-refractivity contribution is 6.42. The molecule has 0 saturated carbocycles. The van der Waals surface area contributed by atoms with Gasteiger partial charge in [-0.2, -0.15) is 0 Å². The third-order valence-electron chi connectivity index (χ3n) is 3.47. The topological polar surface area (TPSA) is 3.88 Å². The maximum absolute atomic E-state index is 6.04. The van der Waals surface area contributed by atoms with Crippen molar-refractivity contribution in [2.45, 2.75) is 0 Å². The molecule has 0 radical (unpaired) electrons. The third-order valence-corrected chi connectivity index (χ3v) is 4.21. The van der Waals surface area contributed by atoms with Gasteiger partial charge in [-0.3, -0.25) is 0 Å². The van der Waals surface area contributed by atoms with Crippen LogP contribution in [0.25, 0.3) is 23.1 Å². The lowest BCUT2D eigenvalue weighted by atomic mass is 10.1. The number of fused-ring (bicyclic) bond motifs is 1. The molecule has 2 aromatic carbocycles. The fraction of sp³-hybridized carbons (Fsp3) is 0.0556. The normalized spacial score (nSPS) is 10.9. The van der Waals surface area contributed by atoms with Gasteiger partial charge < -0.3 is 24.0 Å². The van der Waals surface area contributed by atoms with Crippen molar-refractivity contribution in [2.75, 3.05) is 0 Å². The van der Waals surface area contributed by atoms with Gasteiger partial charge >= 0.3 is 0 Å². The second kappa shape index (κ2) is 7.44. The van der Waals surface area contributed by atoms with Gasteiger partial charge in [0.25, 0.3) is 0 Å². The molecule has 0 bridgehead atoms. The number of pyridine rings is 1. The lowest BCUT2D eigenvalue weighted by molar-refractivity contribution is -0.644. The first kappa shape index (κ1) is 17.3. The highest BCUT2D eigenvalue weighted by atomic mass is 127. The largest absolute Gasteiger partial charge is 1.00 e. The van der Waals surface area contributed by atoms with Crippen molar-refractivity contribution in [3.63, 3.8) is 0 Å². The summed E-state index contributed by atoms with van der Waals surface area (Å²) < 4.78 is 2.12. The zero-order valence-corrected chi connectivity index (χ0v) is 15.6. The molecule has 112 valence electrons. The average Bonchev–Trinajstić information content (AvgIpc) is 2.50. The molecule has 0 saturated heterocycles. The van der Waals surface area contributed by atoms with Crippen LogP contribution >= 0.6 is 23.2 Å². The van der Waals surface area contributed by atoms with Crippen molar-refractivity contribution in [3.8, 4) is 0 Å². The van der Waals surface area contributed by atoms with E-state index in [1.165, 1.54) is 16.5 Å². The van der Waals surface area contributed by atoms with Crippen LogP contribution in [0.5, 0.6) is 0 Å². The van der Waals surface area contributed by atoms with Gasteiger partial charge in [-0.1, -0.05) is 53.6 Å². The van der Waals surface area contributed by atoms with Crippen LogP contribution in [0.3, 0.4) is 0 Å². The maximum Gasteiger partial charge on any atom is 0.212 e. The predicted octanol–water partition coefficient (Wildman–Crippen LogP) is 2.15. The summed E-state index contributed by atoms with van der Waals surface area (Å²) in [7, 11) is 2.05. The number of halogens is 3. The van der Waals surface area contributed by atoms with Crippen LogP contribution in [0.1, 0.15) is 11.1 Å². The summed E-state index contributed by atoms with van der Waals surface area (Å²) in [5.74, 6) is 0. The van der Waals surface area contributed by atoms with Gasteiger partial charge in [0, 0.05) is 12.1 Å². The molecule has 1 aromatic heterocycles. The molecule has 0 N–H and O–H groups in total. The molecule has 3 rings (SSSR count). The summed E-state index contributed by atoms with van der Waals surface area (Å²) in [5, 5.41) is 2.37. The summed E-state index contributed by atoms with van der Waals surface area (Å²) in [6.45, 7) is 0. The second-order valence-electron chi connectivity index (χ2n) is 4.91. The lowest BCUT2D eigenvalue weighted by Crippen LogP contribution is -3.00. The van der Waals surface area contributed by atoms with E-state index in [0.29, 0.717) is 10.0 Å². The van der Waals surface area contributed by atoms with Crippen LogP contribution in [0.2, 0.25) is 10.0 Å². The van der Waals surface area contributed by atoms with Crippen LogP contribution in [0.15, 0.2) is 54.7 Å². The highest BCUT2D eigenvalue weighted by Gasteiger charge is 2.06. The molecule has 0 atom stereocenters. The Hall–Kier alpha value is -1.10. The van der Waals surface area contributed by atoms with Crippen molar-refractivity contribution in [3.05, 3.63) is 75.9 Å². The Bertz CT molecular complexity index is 844. The molecule has 4 heteroatoms. The van der Waals surface area contributed by atoms with E-state index in [4.69, 9.17) is 23.2 Å². The van der Waals surface area contributed by atoms with Crippen molar-refractivity contribution in [2.24, 2.45) is 7.05 Å². The minimum Gasteiger partial charge on any atom is -1.00 e. The van der Waals surface area contributed by atoms with E-state index in [1.807, 2.05) is 24.3 Å². The second-order valence-corrected chi connectivity index (χ2v) is 5.72. The Morgan fingerprint density at radius 3 is 2.45 bits per heavy atom.